The van der Waals surface area contributed by atoms with Gasteiger partial charge in [-0.15, -0.1) is 6.58 Å². The highest BCUT2D eigenvalue weighted by molar-refractivity contribution is 5.38. The molecule has 0 spiro atoms. The fraction of sp³-hybridized carbons (Fsp3) is 0.467. The molecule has 0 aliphatic heterocycles. The Balaban J connectivity index is 3.12. The lowest BCUT2D eigenvalue weighted by molar-refractivity contribution is 0.339. The summed E-state index contributed by atoms with van der Waals surface area (Å²) in [5.41, 5.74) is 2.61. The number of hydrogen-bond acceptors (Lipinski definition) is 1. The van der Waals surface area contributed by atoms with Crippen molar-refractivity contribution in [3.8, 4) is 5.75 Å². The summed E-state index contributed by atoms with van der Waals surface area (Å²) >= 11 is 0. The van der Waals surface area contributed by atoms with Crippen LogP contribution in [0.5, 0.6) is 5.75 Å². The summed E-state index contributed by atoms with van der Waals surface area (Å²) in [6.07, 6.45) is 1.97. The van der Waals surface area contributed by atoms with Gasteiger partial charge in [-0.25, -0.2) is 0 Å². The molecule has 0 saturated heterocycles. The number of hydrogen-bond donors (Lipinski definition) is 0. The van der Waals surface area contributed by atoms with Gasteiger partial charge in [-0.05, 0) is 42.0 Å². The van der Waals surface area contributed by atoms with Gasteiger partial charge < -0.3 is 4.74 Å². The first kappa shape index (κ1) is 12.8. The van der Waals surface area contributed by atoms with Crippen LogP contribution >= 0.6 is 0 Å². The summed E-state index contributed by atoms with van der Waals surface area (Å²) in [6, 6.07) is 6.49. The third-order valence-electron chi connectivity index (χ3n) is 2.81. The molecule has 0 heterocycles. The predicted octanol–water partition coefficient (Wildman–Crippen LogP) is 4.50. The minimum absolute atomic E-state index is 0.373. The van der Waals surface area contributed by atoms with Crippen LogP contribution in [-0.2, 0) is 0 Å². The van der Waals surface area contributed by atoms with Gasteiger partial charge in [0.2, 0.25) is 0 Å². The minimum Gasteiger partial charge on any atom is -0.494 e. The second-order valence-electron chi connectivity index (χ2n) is 4.45. The van der Waals surface area contributed by atoms with Crippen LogP contribution in [-0.4, -0.2) is 6.61 Å². The number of ether oxygens (including phenoxy) is 1. The van der Waals surface area contributed by atoms with Crippen LogP contribution in [0, 0.1) is 0 Å². The Labute approximate surface area is 99.1 Å². The molecule has 1 rings (SSSR count). The molecule has 0 aromatic heterocycles. The first-order valence-electron chi connectivity index (χ1n) is 5.98. The largest absolute Gasteiger partial charge is 0.494 e. The quantitative estimate of drug-likeness (QED) is 0.661. The number of benzene rings is 1. The summed E-state index contributed by atoms with van der Waals surface area (Å²) in [5, 5.41) is 0. The molecule has 1 atom stereocenters. The highest BCUT2D eigenvalue weighted by Gasteiger charge is 2.08. The van der Waals surface area contributed by atoms with Crippen molar-refractivity contribution in [1.82, 2.24) is 0 Å². The van der Waals surface area contributed by atoms with Crippen molar-refractivity contribution in [2.45, 2.75) is 39.5 Å². The van der Waals surface area contributed by atoms with E-state index in [1.54, 1.807) is 0 Å². The average Bonchev–Trinajstić information content (AvgIpc) is 2.28. The molecule has 1 nitrogen and oxygen atoms in total. The second kappa shape index (κ2) is 5.74. The molecule has 0 radical (unpaired) electrons. The zero-order chi connectivity index (χ0) is 12.1. The van der Waals surface area contributed by atoms with Crippen LogP contribution in [0.2, 0.25) is 0 Å². The maximum absolute atomic E-state index is 5.60. The van der Waals surface area contributed by atoms with Gasteiger partial charge in [-0.2, -0.15) is 0 Å². The Hall–Kier alpha value is -1.24. The summed E-state index contributed by atoms with van der Waals surface area (Å²) in [6.45, 7) is 13.1. The van der Waals surface area contributed by atoms with E-state index in [1.165, 1.54) is 11.1 Å². The smallest absolute Gasteiger partial charge is 0.119 e. The fourth-order valence-electron chi connectivity index (χ4n) is 1.63. The Bertz CT molecular complexity index is 352. The maximum Gasteiger partial charge on any atom is 0.119 e. The highest BCUT2D eigenvalue weighted by atomic mass is 16.5. The van der Waals surface area contributed by atoms with Gasteiger partial charge in [-0.3, -0.25) is 0 Å². The Kier molecular flexibility index (Phi) is 4.60. The van der Waals surface area contributed by atoms with Crippen LogP contribution < -0.4 is 4.74 Å². The minimum atomic E-state index is 0.373. The molecular formula is C15H22O. The van der Waals surface area contributed by atoms with Gasteiger partial charge in [0.25, 0.3) is 0 Å². The van der Waals surface area contributed by atoms with E-state index in [9.17, 15) is 0 Å². The molecule has 1 aromatic carbocycles. The second-order valence-corrected chi connectivity index (χ2v) is 4.45. The summed E-state index contributed by atoms with van der Waals surface area (Å²) in [5.74, 6) is 1.87. The van der Waals surface area contributed by atoms with E-state index in [0.29, 0.717) is 18.4 Å². The van der Waals surface area contributed by atoms with Crippen molar-refractivity contribution in [2.24, 2.45) is 0 Å². The lowest BCUT2D eigenvalue weighted by atomic mass is 9.94. The Morgan fingerprint density at radius 1 is 1.19 bits per heavy atom. The molecule has 0 amide bonds. The summed E-state index contributed by atoms with van der Waals surface area (Å²) in [4.78, 5) is 0. The number of rotatable bonds is 5. The SMILES string of the molecule is C=CC(C)c1cc(OCC)cc(C(C)C)c1. The van der Waals surface area contributed by atoms with E-state index in [2.05, 4.69) is 45.5 Å². The van der Waals surface area contributed by atoms with Gasteiger partial charge >= 0.3 is 0 Å². The van der Waals surface area contributed by atoms with E-state index in [1.807, 2.05) is 13.0 Å². The first-order chi connectivity index (χ1) is 7.58. The van der Waals surface area contributed by atoms with Gasteiger partial charge in [0.1, 0.15) is 5.75 Å². The zero-order valence-corrected chi connectivity index (χ0v) is 10.8. The predicted molar refractivity (Wildman–Crippen MR) is 70.3 cm³/mol. The third-order valence-corrected chi connectivity index (χ3v) is 2.81. The molecule has 0 aliphatic carbocycles. The lowest BCUT2D eigenvalue weighted by Crippen LogP contribution is -1.98. The van der Waals surface area contributed by atoms with Crippen LogP contribution in [0.4, 0.5) is 0 Å². The molecule has 88 valence electrons. The first-order valence-corrected chi connectivity index (χ1v) is 5.98. The van der Waals surface area contributed by atoms with Crippen molar-refractivity contribution in [3.05, 3.63) is 42.0 Å². The third kappa shape index (κ3) is 3.13. The van der Waals surface area contributed by atoms with E-state index in [4.69, 9.17) is 4.74 Å². The molecule has 0 bridgehead atoms. The molecule has 0 fully saturated rings. The van der Waals surface area contributed by atoms with Crippen LogP contribution in [0.1, 0.15) is 50.7 Å². The van der Waals surface area contributed by atoms with Crippen LogP contribution in [0.3, 0.4) is 0 Å². The molecule has 0 N–H and O–H groups in total. The van der Waals surface area contributed by atoms with Crippen LogP contribution in [0.15, 0.2) is 30.9 Å². The number of allylic oxidation sites excluding steroid dienone is 1. The van der Waals surface area contributed by atoms with Crippen molar-refractivity contribution >= 4 is 0 Å². The fourth-order valence-corrected chi connectivity index (χ4v) is 1.63. The monoisotopic (exact) mass is 218 g/mol. The Morgan fingerprint density at radius 2 is 1.81 bits per heavy atom. The average molecular weight is 218 g/mol. The normalized spacial score (nSPS) is 12.6. The molecule has 1 aromatic rings. The lowest BCUT2D eigenvalue weighted by Gasteiger charge is -2.14. The molecule has 0 saturated carbocycles. The van der Waals surface area contributed by atoms with E-state index < -0.39 is 0 Å². The van der Waals surface area contributed by atoms with Crippen molar-refractivity contribution < 1.29 is 4.74 Å². The topological polar surface area (TPSA) is 9.23 Å². The molecule has 16 heavy (non-hydrogen) atoms. The molecular weight excluding hydrogens is 196 g/mol. The standard InChI is InChI=1S/C15H22O/c1-6-12(5)14-8-13(11(3)4)9-15(10-14)16-7-2/h6,8-12H,1,7H2,2-5H3. The van der Waals surface area contributed by atoms with E-state index in [-0.39, 0.29) is 0 Å². The maximum atomic E-state index is 5.60. The Morgan fingerprint density at radius 3 is 2.31 bits per heavy atom. The molecule has 1 unspecified atom stereocenters. The van der Waals surface area contributed by atoms with Crippen molar-refractivity contribution in [3.63, 3.8) is 0 Å². The summed E-state index contributed by atoms with van der Waals surface area (Å²) < 4.78 is 5.60. The van der Waals surface area contributed by atoms with Crippen LogP contribution in [0.25, 0.3) is 0 Å². The molecule has 0 aliphatic rings. The van der Waals surface area contributed by atoms with Crippen molar-refractivity contribution in [2.75, 3.05) is 6.61 Å². The van der Waals surface area contributed by atoms with Gasteiger partial charge in [0.15, 0.2) is 0 Å². The summed E-state index contributed by atoms with van der Waals surface area (Å²) in [7, 11) is 0. The van der Waals surface area contributed by atoms with Crippen molar-refractivity contribution in [1.29, 1.82) is 0 Å². The van der Waals surface area contributed by atoms with E-state index >= 15 is 0 Å². The van der Waals surface area contributed by atoms with Gasteiger partial charge in [-0.1, -0.05) is 32.9 Å². The molecule has 1 heteroatoms. The van der Waals surface area contributed by atoms with E-state index in [0.717, 1.165) is 5.75 Å². The highest BCUT2D eigenvalue weighted by Crippen LogP contribution is 2.27. The zero-order valence-electron chi connectivity index (χ0n) is 10.8. The van der Waals surface area contributed by atoms with Gasteiger partial charge in [0, 0.05) is 0 Å². The van der Waals surface area contributed by atoms with Gasteiger partial charge in [0.05, 0.1) is 6.61 Å².